The van der Waals surface area contributed by atoms with E-state index < -0.39 is 29.1 Å². The van der Waals surface area contributed by atoms with Crippen molar-refractivity contribution in [2.45, 2.75) is 51.4 Å². The molecule has 0 heterocycles. The molecule has 0 N–H and O–H groups in total. The van der Waals surface area contributed by atoms with Crippen LogP contribution in [0.3, 0.4) is 0 Å². The lowest BCUT2D eigenvalue weighted by Gasteiger charge is -2.26. The van der Waals surface area contributed by atoms with E-state index in [1.807, 2.05) is 6.92 Å². The van der Waals surface area contributed by atoms with Gasteiger partial charge in [-0.2, -0.15) is 0 Å². The predicted molar refractivity (Wildman–Crippen MR) is 98.2 cm³/mol. The average Bonchev–Trinajstić information content (AvgIpc) is 2.66. The molecule has 1 saturated carbocycles. The van der Waals surface area contributed by atoms with Gasteiger partial charge in [0.2, 0.25) is 0 Å². The molecule has 0 unspecified atom stereocenters. The first-order chi connectivity index (χ1) is 13.4. The Labute approximate surface area is 161 Å². The van der Waals surface area contributed by atoms with E-state index in [9.17, 15) is 22.0 Å². The number of benzene rings is 2. The number of rotatable bonds is 3. The summed E-state index contributed by atoms with van der Waals surface area (Å²) in [6.07, 6.45) is 3.96. The van der Waals surface area contributed by atoms with Gasteiger partial charge in [0.25, 0.3) is 0 Å². The van der Waals surface area contributed by atoms with Crippen LogP contribution >= 0.6 is 0 Å². The summed E-state index contributed by atoms with van der Waals surface area (Å²) in [4.78, 5) is 0. The van der Waals surface area contributed by atoms with E-state index in [2.05, 4.69) is 11.8 Å². The topological polar surface area (TPSA) is 0 Å². The van der Waals surface area contributed by atoms with E-state index in [1.54, 1.807) is 0 Å². The van der Waals surface area contributed by atoms with E-state index in [-0.39, 0.29) is 17.4 Å². The second-order valence-electron chi connectivity index (χ2n) is 7.30. The first-order valence-electron chi connectivity index (χ1n) is 9.53. The normalized spacial score (nSPS) is 19.2. The lowest BCUT2D eigenvalue weighted by molar-refractivity contribution is 0.379. The molecule has 0 nitrogen and oxygen atoms in total. The van der Waals surface area contributed by atoms with Crippen LogP contribution in [0.5, 0.6) is 0 Å². The lowest BCUT2D eigenvalue weighted by atomic mass is 9.79. The van der Waals surface area contributed by atoms with E-state index in [0.717, 1.165) is 18.6 Å². The minimum absolute atomic E-state index is 0.0412. The van der Waals surface area contributed by atoms with Gasteiger partial charge in [0.1, 0.15) is 11.6 Å². The van der Waals surface area contributed by atoms with Crippen LogP contribution in [0.1, 0.15) is 61.6 Å². The number of aryl methyl sites for hydroxylation is 1. The summed E-state index contributed by atoms with van der Waals surface area (Å²) in [5.41, 5.74) is 0.832. The molecule has 0 amide bonds. The molecule has 0 bridgehead atoms. The highest BCUT2D eigenvalue weighted by atomic mass is 19.2. The molecule has 1 aliphatic rings. The fourth-order valence-electron chi connectivity index (χ4n) is 3.73. The van der Waals surface area contributed by atoms with Crippen molar-refractivity contribution in [3.05, 3.63) is 70.0 Å². The average molecular weight is 392 g/mol. The Bertz CT molecular complexity index is 868. The SMILES string of the molecule is CCCc1cc(F)c(C#C[C@H]2CC[C@H](c3cc(F)c(F)c(F)c3)CC2)c(F)c1. The van der Waals surface area contributed by atoms with Gasteiger partial charge in [-0.25, -0.2) is 22.0 Å². The largest absolute Gasteiger partial charge is 0.206 e. The van der Waals surface area contributed by atoms with Crippen molar-refractivity contribution in [2.75, 3.05) is 0 Å². The molecular formula is C23H21F5. The van der Waals surface area contributed by atoms with Crippen LogP contribution in [0.4, 0.5) is 22.0 Å². The molecule has 0 atom stereocenters. The van der Waals surface area contributed by atoms with E-state index >= 15 is 0 Å². The molecule has 0 aromatic heterocycles. The van der Waals surface area contributed by atoms with Crippen LogP contribution < -0.4 is 0 Å². The summed E-state index contributed by atoms with van der Waals surface area (Å²) in [6, 6.07) is 4.73. The Kier molecular flexibility index (Phi) is 6.39. The smallest absolute Gasteiger partial charge is 0.194 e. The van der Waals surface area contributed by atoms with Gasteiger partial charge in [0.15, 0.2) is 17.5 Å². The van der Waals surface area contributed by atoms with Gasteiger partial charge >= 0.3 is 0 Å². The maximum Gasteiger partial charge on any atom is 0.194 e. The van der Waals surface area contributed by atoms with Crippen LogP contribution in [0.15, 0.2) is 24.3 Å². The molecular weight excluding hydrogens is 371 g/mol. The fraction of sp³-hybridized carbons (Fsp3) is 0.391. The van der Waals surface area contributed by atoms with Gasteiger partial charge in [-0.1, -0.05) is 25.2 Å². The van der Waals surface area contributed by atoms with Crippen molar-refractivity contribution in [3.8, 4) is 11.8 Å². The second-order valence-corrected chi connectivity index (χ2v) is 7.30. The van der Waals surface area contributed by atoms with Crippen molar-refractivity contribution >= 4 is 0 Å². The Morgan fingerprint density at radius 1 is 0.821 bits per heavy atom. The zero-order chi connectivity index (χ0) is 20.3. The summed E-state index contributed by atoms with van der Waals surface area (Å²) in [7, 11) is 0. The van der Waals surface area contributed by atoms with Gasteiger partial charge in [-0.3, -0.25) is 0 Å². The highest BCUT2D eigenvalue weighted by Gasteiger charge is 2.23. The first kappa shape index (κ1) is 20.4. The third-order valence-corrected chi connectivity index (χ3v) is 5.25. The Morgan fingerprint density at radius 2 is 1.39 bits per heavy atom. The van der Waals surface area contributed by atoms with Crippen molar-refractivity contribution in [1.82, 2.24) is 0 Å². The van der Waals surface area contributed by atoms with Gasteiger partial charge in [-0.05, 0) is 73.4 Å². The molecule has 0 saturated heterocycles. The summed E-state index contributed by atoms with van der Waals surface area (Å²) < 4.78 is 68.2. The van der Waals surface area contributed by atoms with Crippen LogP contribution in [-0.4, -0.2) is 0 Å². The van der Waals surface area contributed by atoms with Crippen LogP contribution in [0, 0.1) is 46.8 Å². The number of hydrogen-bond acceptors (Lipinski definition) is 0. The Morgan fingerprint density at radius 3 is 1.93 bits per heavy atom. The monoisotopic (exact) mass is 392 g/mol. The van der Waals surface area contributed by atoms with Crippen LogP contribution in [-0.2, 0) is 6.42 Å². The lowest BCUT2D eigenvalue weighted by Crippen LogP contribution is -2.13. The molecule has 5 heteroatoms. The summed E-state index contributed by atoms with van der Waals surface area (Å²) in [5, 5.41) is 0. The molecule has 3 rings (SSSR count). The minimum atomic E-state index is -1.46. The van der Waals surface area contributed by atoms with Gasteiger partial charge in [0.05, 0.1) is 5.56 Å². The van der Waals surface area contributed by atoms with Crippen molar-refractivity contribution in [2.24, 2.45) is 5.92 Å². The maximum absolute atomic E-state index is 14.1. The van der Waals surface area contributed by atoms with E-state index in [1.165, 1.54) is 12.1 Å². The van der Waals surface area contributed by atoms with Crippen molar-refractivity contribution < 1.29 is 22.0 Å². The fourth-order valence-corrected chi connectivity index (χ4v) is 3.73. The highest BCUT2D eigenvalue weighted by molar-refractivity contribution is 5.39. The molecule has 1 aliphatic carbocycles. The Balaban J connectivity index is 1.67. The highest BCUT2D eigenvalue weighted by Crippen LogP contribution is 2.36. The molecule has 0 spiro atoms. The maximum atomic E-state index is 14.1. The van der Waals surface area contributed by atoms with Crippen LogP contribution in [0.25, 0.3) is 0 Å². The predicted octanol–water partition coefficient (Wildman–Crippen LogP) is 6.66. The van der Waals surface area contributed by atoms with Crippen LogP contribution in [0.2, 0.25) is 0 Å². The number of hydrogen-bond donors (Lipinski definition) is 0. The third-order valence-electron chi connectivity index (χ3n) is 5.25. The van der Waals surface area contributed by atoms with Crippen molar-refractivity contribution in [3.63, 3.8) is 0 Å². The third kappa shape index (κ3) is 4.55. The van der Waals surface area contributed by atoms with Gasteiger partial charge < -0.3 is 0 Å². The molecule has 0 radical (unpaired) electrons. The van der Waals surface area contributed by atoms with E-state index in [4.69, 9.17) is 0 Å². The zero-order valence-corrected chi connectivity index (χ0v) is 15.6. The minimum Gasteiger partial charge on any atom is -0.206 e. The molecule has 28 heavy (non-hydrogen) atoms. The number of halogens is 5. The molecule has 1 fully saturated rings. The zero-order valence-electron chi connectivity index (χ0n) is 15.6. The Hall–Kier alpha value is -2.35. The second kappa shape index (κ2) is 8.77. The molecule has 148 valence electrons. The van der Waals surface area contributed by atoms with Gasteiger partial charge in [-0.15, -0.1) is 0 Å². The van der Waals surface area contributed by atoms with Gasteiger partial charge in [0, 0.05) is 5.92 Å². The standard InChI is InChI=1S/C23H21F5/c1-2-3-15-10-19(24)18(20(25)11-15)9-6-14-4-7-16(8-5-14)17-12-21(26)23(28)22(27)13-17/h10-14,16H,2-5,7-8H2,1H3/t14-,16-. The van der Waals surface area contributed by atoms with E-state index in [0.29, 0.717) is 43.2 Å². The summed E-state index contributed by atoms with van der Waals surface area (Å²) in [6.45, 7) is 1.94. The quantitative estimate of drug-likeness (QED) is 0.311. The molecule has 0 aliphatic heterocycles. The summed E-state index contributed by atoms with van der Waals surface area (Å²) in [5.74, 6) is 0.313. The molecule has 2 aromatic carbocycles. The summed E-state index contributed by atoms with van der Waals surface area (Å²) >= 11 is 0. The van der Waals surface area contributed by atoms with Crippen molar-refractivity contribution in [1.29, 1.82) is 0 Å². The first-order valence-corrected chi connectivity index (χ1v) is 9.53. The molecule has 2 aromatic rings.